The van der Waals surface area contributed by atoms with E-state index in [1.54, 1.807) is 12.1 Å². The number of carbonyl (C=O) groups excluding carboxylic acids is 5. The zero-order chi connectivity index (χ0) is 19.1. The molecule has 4 rings (SSSR count). The monoisotopic (exact) mass is 370 g/mol. The van der Waals surface area contributed by atoms with Gasteiger partial charge in [0.05, 0.1) is 23.0 Å². The minimum absolute atomic E-state index is 0.257. The van der Waals surface area contributed by atoms with Crippen LogP contribution in [0.15, 0.2) is 24.3 Å². The van der Waals surface area contributed by atoms with Crippen LogP contribution in [0, 0.1) is 11.8 Å². The molecule has 2 atom stereocenters. The van der Waals surface area contributed by atoms with E-state index in [2.05, 4.69) is 0 Å². The van der Waals surface area contributed by atoms with Crippen LogP contribution in [0.1, 0.15) is 46.4 Å². The molecular formula is C19H18N2O6. The first-order valence-electron chi connectivity index (χ1n) is 8.95. The van der Waals surface area contributed by atoms with Gasteiger partial charge in [-0.3, -0.25) is 28.9 Å². The minimum atomic E-state index is -0.827. The van der Waals surface area contributed by atoms with Crippen LogP contribution in [-0.4, -0.2) is 52.7 Å². The second-order valence-electron chi connectivity index (χ2n) is 6.99. The van der Waals surface area contributed by atoms with Crippen molar-refractivity contribution in [1.82, 2.24) is 9.80 Å². The van der Waals surface area contributed by atoms with Crippen LogP contribution in [0.25, 0.3) is 0 Å². The van der Waals surface area contributed by atoms with Gasteiger partial charge < -0.3 is 4.74 Å². The number of ether oxygens (including phenoxy) is 1. The molecule has 3 aliphatic rings. The lowest BCUT2D eigenvalue weighted by Gasteiger charge is -2.19. The van der Waals surface area contributed by atoms with Gasteiger partial charge >= 0.3 is 5.97 Å². The lowest BCUT2D eigenvalue weighted by molar-refractivity contribution is -0.154. The summed E-state index contributed by atoms with van der Waals surface area (Å²) in [7, 11) is 0. The molecule has 2 fully saturated rings. The number of hydrogen-bond donors (Lipinski definition) is 0. The zero-order valence-corrected chi connectivity index (χ0v) is 14.6. The zero-order valence-electron chi connectivity index (χ0n) is 14.6. The van der Waals surface area contributed by atoms with Gasteiger partial charge in [0.15, 0.2) is 6.73 Å². The second-order valence-corrected chi connectivity index (χ2v) is 6.99. The molecule has 1 saturated carbocycles. The SMILES string of the molecule is O=C(CN1C(=O)[C@H]2CCCC[C@@H]2C1=O)OCN1C(=O)c2ccccc2C1=O. The highest BCUT2D eigenvalue weighted by Crippen LogP contribution is 2.37. The van der Waals surface area contributed by atoms with Gasteiger partial charge in [0.1, 0.15) is 6.54 Å². The molecular weight excluding hydrogens is 352 g/mol. The Hall–Kier alpha value is -3.03. The number of benzene rings is 1. The van der Waals surface area contributed by atoms with Crippen molar-refractivity contribution in [2.75, 3.05) is 13.3 Å². The Kier molecular flexibility index (Phi) is 4.25. The van der Waals surface area contributed by atoms with Crippen molar-refractivity contribution in [3.63, 3.8) is 0 Å². The van der Waals surface area contributed by atoms with Gasteiger partial charge in [-0.2, -0.15) is 0 Å². The van der Waals surface area contributed by atoms with Crippen molar-refractivity contribution in [1.29, 1.82) is 0 Å². The Bertz CT molecular complexity index is 805. The molecule has 1 aromatic rings. The molecule has 1 saturated heterocycles. The number of imide groups is 2. The maximum absolute atomic E-state index is 12.4. The Labute approximate surface area is 155 Å². The van der Waals surface area contributed by atoms with Crippen LogP contribution >= 0.6 is 0 Å². The van der Waals surface area contributed by atoms with Crippen molar-refractivity contribution in [2.24, 2.45) is 11.8 Å². The molecule has 0 bridgehead atoms. The second kappa shape index (κ2) is 6.61. The molecule has 2 heterocycles. The molecule has 1 aromatic carbocycles. The maximum Gasteiger partial charge on any atom is 0.327 e. The summed E-state index contributed by atoms with van der Waals surface area (Å²) >= 11 is 0. The van der Waals surface area contributed by atoms with Crippen LogP contribution in [0.5, 0.6) is 0 Å². The predicted molar refractivity (Wildman–Crippen MR) is 90.1 cm³/mol. The fraction of sp³-hybridized carbons (Fsp3) is 0.421. The van der Waals surface area contributed by atoms with Crippen molar-refractivity contribution < 1.29 is 28.7 Å². The number of fused-ring (bicyclic) bond motifs is 2. The van der Waals surface area contributed by atoms with Gasteiger partial charge in [-0.15, -0.1) is 0 Å². The lowest BCUT2D eigenvalue weighted by Crippen LogP contribution is -2.39. The molecule has 0 aromatic heterocycles. The molecule has 8 nitrogen and oxygen atoms in total. The number of amides is 4. The number of likely N-dealkylation sites (tertiary alicyclic amines) is 1. The standard InChI is InChI=1S/C19H18N2O6/c22-15(9-20-16(23)11-5-1-2-6-12(11)17(20)24)27-10-21-18(25)13-7-3-4-8-14(13)19(21)26/h3-4,7-8,11-12H,1-2,5-6,9-10H2/t11-,12-/m0/s1. The maximum atomic E-state index is 12.4. The summed E-state index contributed by atoms with van der Waals surface area (Å²) in [5, 5.41) is 0. The summed E-state index contributed by atoms with van der Waals surface area (Å²) in [5.74, 6) is -3.24. The first kappa shape index (κ1) is 17.4. The predicted octanol–water partition coefficient (Wildman–Crippen LogP) is 0.958. The van der Waals surface area contributed by atoms with Gasteiger partial charge in [0.25, 0.3) is 11.8 Å². The Morgan fingerprint density at radius 2 is 1.41 bits per heavy atom. The topological polar surface area (TPSA) is 101 Å². The summed E-state index contributed by atoms with van der Waals surface area (Å²) in [4.78, 5) is 63.1. The van der Waals surface area contributed by atoms with Crippen molar-refractivity contribution in [3.8, 4) is 0 Å². The van der Waals surface area contributed by atoms with E-state index in [0.717, 1.165) is 22.6 Å². The third-order valence-electron chi connectivity index (χ3n) is 5.45. The summed E-state index contributed by atoms with van der Waals surface area (Å²) in [6.07, 6.45) is 3.13. The first-order chi connectivity index (χ1) is 13.0. The number of esters is 1. The number of nitrogens with zero attached hydrogens (tertiary/aromatic N) is 2. The molecule has 0 radical (unpaired) electrons. The number of carbonyl (C=O) groups is 5. The van der Waals surface area contributed by atoms with E-state index in [1.165, 1.54) is 12.1 Å². The van der Waals surface area contributed by atoms with E-state index in [9.17, 15) is 24.0 Å². The van der Waals surface area contributed by atoms with Gasteiger partial charge in [0.2, 0.25) is 11.8 Å². The van der Waals surface area contributed by atoms with Crippen LogP contribution in [-0.2, 0) is 19.1 Å². The molecule has 8 heteroatoms. The quantitative estimate of drug-likeness (QED) is 0.578. The summed E-state index contributed by atoms with van der Waals surface area (Å²) in [6.45, 7) is -1.04. The van der Waals surface area contributed by atoms with Crippen molar-refractivity contribution >= 4 is 29.6 Å². The third kappa shape index (κ3) is 2.81. The fourth-order valence-corrected chi connectivity index (χ4v) is 4.05. The van der Waals surface area contributed by atoms with Gasteiger partial charge in [0, 0.05) is 0 Å². The highest BCUT2D eigenvalue weighted by atomic mass is 16.5. The fourth-order valence-electron chi connectivity index (χ4n) is 4.05. The first-order valence-corrected chi connectivity index (χ1v) is 8.95. The van der Waals surface area contributed by atoms with E-state index in [-0.39, 0.29) is 34.8 Å². The van der Waals surface area contributed by atoms with E-state index in [1.807, 2.05) is 0 Å². The Morgan fingerprint density at radius 1 is 0.889 bits per heavy atom. The number of rotatable bonds is 4. The molecule has 2 aliphatic heterocycles. The van der Waals surface area contributed by atoms with Crippen molar-refractivity contribution in [3.05, 3.63) is 35.4 Å². The van der Waals surface area contributed by atoms with Gasteiger partial charge in [-0.1, -0.05) is 25.0 Å². The van der Waals surface area contributed by atoms with E-state index >= 15 is 0 Å². The largest absolute Gasteiger partial charge is 0.442 e. The molecule has 0 unspecified atom stereocenters. The normalized spacial score (nSPS) is 24.3. The highest BCUT2D eigenvalue weighted by Gasteiger charge is 2.48. The average Bonchev–Trinajstić information content (AvgIpc) is 3.07. The Morgan fingerprint density at radius 3 is 1.93 bits per heavy atom. The molecule has 1 aliphatic carbocycles. The van der Waals surface area contributed by atoms with Gasteiger partial charge in [-0.25, -0.2) is 4.90 Å². The van der Waals surface area contributed by atoms with E-state index in [0.29, 0.717) is 12.8 Å². The van der Waals surface area contributed by atoms with Crippen LogP contribution in [0.2, 0.25) is 0 Å². The van der Waals surface area contributed by atoms with E-state index < -0.39 is 31.1 Å². The third-order valence-corrected chi connectivity index (χ3v) is 5.45. The minimum Gasteiger partial charge on any atom is -0.442 e. The molecule has 0 N–H and O–H groups in total. The Balaban J connectivity index is 1.37. The van der Waals surface area contributed by atoms with Crippen LogP contribution in [0.3, 0.4) is 0 Å². The lowest BCUT2D eigenvalue weighted by atomic mass is 9.81. The molecule has 0 spiro atoms. The summed E-state index contributed by atoms with van der Waals surface area (Å²) in [6, 6.07) is 6.34. The summed E-state index contributed by atoms with van der Waals surface area (Å²) in [5.41, 5.74) is 0.514. The van der Waals surface area contributed by atoms with Gasteiger partial charge in [-0.05, 0) is 25.0 Å². The number of hydrogen-bond acceptors (Lipinski definition) is 6. The van der Waals surface area contributed by atoms with Crippen LogP contribution in [0.4, 0.5) is 0 Å². The average molecular weight is 370 g/mol. The summed E-state index contributed by atoms with van der Waals surface area (Å²) < 4.78 is 5.01. The molecule has 27 heavy (non-hydrogen) atoms. The molecule has 4 amide bonds. The van der Waals surface area contributed by atoms with E-state index in [4.69, 9.17) is 4.74 Å². The van der Waals surface area contributed by atoms with Crippen molar-refractivity contribution in [2.45, 2.75) is 25.7 Å². The van der Waals surface area contributed by atoms with Crippen LogP contribution < -0.4 is 0 Å². The highest BCUT2D eigenvalue weighted by molar-refractivity contribution is 6.21. The molecule has 140 valence electrons. The smallest absolute Gasteiger partial charge is 0.327 e.